The first kappa shape index (κ1) is 20.3. The van der Waals surface area contributed by atoms with E-state index in [1.807, 2.05) is 4.90 Å². The Balaban J connectivity index is 1.29. The van der Waals surface area contributed by atoms with Gasteiger partial charge in [0.1, 0.15) is 13.2 Å². The summed E-state index contributed by atoms with van der Waals surface area (Å²) in [6.07, 6.45) is -4.35. The van der Waals surface area contributed by atoms with Gasteiger partial charge in [0, 0.05) is 17.4 Å². The number of alkyl halides is 3. The van der Waals surface area contributed by atoms with Crippen LogP contribution in [-0.4, -0.2) is 51.8 Å². The number of hydrogen-bond donors (Lipinski definition) is 2. The van der Waals surface area contributed by atoms with Crippen LogP contribution in [0.15, 0.2) is 42.5 Å². The highest BCUT2D eigenvalue weighted by Crippen LogP contribution is 2.33. The van der Waals surface area contributed by atoms with Crippen molar-refractivity contribution in [1.82, 2.24) is 0 Å². The number of piperazine rings is 1. The molecule has 6 nitrogen and oxygen atoms in total. The number of quaternary nitrogens is 1. The number of hydrogen-bond acceptors (Lipinski definition) is 4. The van der Waals surface area contributed by atoms with Gasteiger partial charge in [-0.25, -0.2) is 0 Å². The van der Waals surface area contributed by atoms with Gasteiger partial charge in [-0.05, 0) is 30.3 Å². The number of halogens is 3. The van der Waals surface area contributed by atoms with Crippen molar-refractivity contribution >= 4 is 17.3 Å². The predicted molar refractivity (Wildman–Crippen MR) is 105 cm³/mol. The molecule has 160 valence electrons. The highest BCUT2D eigenvalue weighted by Gasteiger charge is 2.31. The van der Waals surface area contributed by atoms with E-state index >= 15 is 0 Å². The summed E-state index contributed by atoms with van der Waals surface area (Å²) < 4.78 is 49.8. The van der Waals surface area contributed by atoms with Gasteiger partial charge in [-0.2, -0.15) is 13.2 Å². The lowest BCUT2D eigenvalue weighted by atomic mass is 10.1. The van der Waals surface area contributed by atoms with Crippen LogP contribution in [0.1, 0.15) is 5.56 Å². The molecule has 0 saturated carbocycles. The Morgan fingerprint density at radius 1 is 1.03 bits per heavy atom. The monoisotopic (exact) mass is 422 g/mol. The van der Waals surface area contributed by atoms with Crippen LogP contribution in [0.2, 0.25) is 0 Å². The zero-order chi connectivity index (χ0) is 21.1. The number of anilines is 2. The molecule has 0 unspecified atom stereocenters. The van der Waals surface area contributed by atoms with Crippen LogP contribution < -0.4 is 24.6 Å². The van der Waals surface area contributed by atoms with Crippen molar-refractivity contribution in [2.75, 3.05) is 56.2 Å². The van der Waals surface area contributed by atoms with Crippen molar-refractivity contribution in [3.63, 3.8) is 0 Å². The third-order valence-corrected chi connectivity index (χ3v) is 5.25. The third-order valence-electron chi connectivity index (χ3n) is 5.25. The second-order valence-electron chi connectivity index (χ2n) is 7.37. The molecular formula is C21H23F3N3O3+. The molecule has 1 saturated heterocycles. The van der Waals surface area contributed by atoms with Crippen LogP contribution in [0, 0.1) is 0 Å². The lowest BCUT2D eigenvalue weighted by Gasteiger charge is -2.33. The average Bonchev–Trinajstić information content (AvgIpc) is 2.73. The van der Waals surface area contributed by atoms with Gasteiger partial charge in [0.25, 0.3) is 5.91 Å². The molecule has 2 aliphatic heterocycles. The molecule has 2 aromatic rings. The largest absolute Gasteiger partial charge is 0.486 e. The van der Waals surface area contributed by atoms with Crippen LogP contribution in [0.4, 0.5) is 24.5 Å². The molecule has 2 aromatic carbocycles. The molecule has 1 amide bonds. The summed E-state index contributed by atoms with van der Waals surface area (Å²) in [5.41, 5.74) is 0.560. The van der Waals surface area contributed by atoms with Gasteiger partial charge < -0.3 is 24.6 Å². The third kappa shape index (κ3) is 4.79. The summed E-state index contributed by atoms with van der Waals surface area (Å²) in [4.78, 5) is 15.4. The fourth-order valence-corrected chi connectivity index (χ4v) is 3.69. The summed E-state index contributed by atoms with van der Waals surface area (Å²) >= 11 is 0. The average molecular weight is 422 g/mol. The Labute approximate surface area is 172 Å². The van der Waals surface area contributed by atoms with E-state index in [4.69, 9.17) is 9.47 Å². The minimum Gasteiger partial charge on any atom is -0.486 e. The number of fused-ring (bicyclic) bond motifs is 1. The van der Waals surface area contributed by atoms with E-state index in [1.165, 1.54) is 12.1 Å². The molecule has 4 rings (SSSR count). The molecule has 2 N–H and O–H groups in total. The number of nitrogens with one attached hydrogen (secondary N) is 2. The number of nitrogens with zero attached hydrogens (tertiary/aromatic N) is 1. The van der Waals surface area contributed by atoms with Crippen molar-refractivity contribution in [1.29, 1.82) is 0 Å². The molecule has 30 heavy (non-hydrogen) atoms. The molecular weight excluding hydrogens is 399 g/mol. The Morgan fingerprint density at radius 2 is 1.77 bits per heavy atom. The van der Waals surface area contributed by atoms with E-state index in [9.17, 15) is 18.0 Å². The highest BCUT2D eigenvalue weighted by atomic mass is 19.4. The molecule has 0 atom stereocenters. The van der Waals surface area contributed by atoms with Crippen molar-refractivity contribution in [2.45, 2.75) is 6.18 Å². The van der Waals surface area contributed by atoms with Gasteiger partial charge in [-0.15, -0.1) is 0 Å². The van der Waals surface area contributed by atoms with Crippen molar-refractivity contribution in [3.05, 3.63) is 48.0 Å². The van der Waals surface area contributed by atoms with Crippen molar-refractivity contribution < 1.29 is 32.3 Å². The second-order valence-corrected chi connectivity index (χ2v) is 7.37. The molecule has 2 heterocycles. The molecule has 0 spiro atoms. The quantitative estimate of drug-likeness (QED) is 0.790. The van der Waals surface area contributed by atoms with E-state index in [1.54, 1.807) is 24.3 Å². The topological polar surface area (TPSA) is 55.2 Å². The molecule has 0 bridgehead atoms. The summed E-state index contributed by atoms with van der Waals surface area (Å²) in [5.74, 6) is 1.16. The SMILES string of the molecule is O=C(C[NH+]1CCN(c2cccc(C(F)(F)F)c2)CC1)Nc1ccc2c(c1)OCCO2. The maximum Gasteiger partial charge on any atom is 0.416 e. The molecule has 0 radical (unpaired) electrons. The lowest BCUT2D eigenvalue weighted by molar-refractivity contribution is -0.892. The molecule has 9 heteroatoms. The summed E-state index contributed by atoms with van der Waals surface area (Å²) in [6, 6.07) is 10.7. The maximum absolute atomic E-state index is 12.9. The number of carbonyl (C=O) groups excluding carboxylic acids is 1. The molecule has 1 fully saturated rings. The lowest BCUT2D eigenvalue weighted by Crippen LogP contribution is -3.15. The van der Waals surface area contributed by atoms with Crippen LogP contribution in [0.25, 0.3) is 0 Å². The van der Waals surface area contributed by atoms with Crippen LogP contribution >= 0.6 is 0 Å². The van der Waals surface area contributed by atoms with Gasteiger partial charge in [-0.3, -0.25) is 4.79 Å². The van der Waals surface area contributed by atoms with Gasteiger partial charge in [0.15, 0.2) is 18.0 Å². The second kappa shape index (κ2) is 8.43. The number of ether oxygens (including phenoxy) is 2. The van der Waals surface area contributed by atoms with E-state index in [2.05, 4.69) is 5.32 Å². The normalized spacial score (nSPS) is 17.0. The van der Waals surface area contributed by atoms with E-state index < -0.39 is 11.7 Å². The minimum absolute atomic E-state index is 0.116. The van der Waals surface area contributed by atoms with Crippen molar-refractivity contribution in [2.24, 2.45) is 0 Å². The van der Waals surface area contributed by atoms with Crippen LogP contribution in [0.3, 0.4) is 0 Å². The summed E-state index contributed by atoms with van der Waals surface area (Å²) in [6.45, 7) is 3.81. The zero-order valence-electron chi connectivity index (χ0n) is 16.3. The van der Waals surface area contributed by atoms with Gasteiger partial charge in [0.05, 0.1) is 31.7 Å². The fraction of sp³-hybridized carbons (Fsp3) is 0.381. The number of benzene rings is 2. The fourth-order valence-electron chi connectivity index (χ4n) is 3.69. The van der Waals surface area contributed by atoms with E-state index in [0.29, 0.717) is 68.8 Å². The first-order chi connectivity index (χ1) is 14.4. The van der Waals surface area contributed by atoms with E-state index in [0.717, 1.165) is 11.0 Å². The molecule has 0 aromatic heterocycles. The Hall–Kier alpha value is -2.94. The zero-order valence-corrected chi connectivity index (χ0v) is 16.3. The Kier molecular flexibility index (Phi) is 5.72. The standard InChI is InChI=1S/C21H22F3N3O3/c22-21(23,24)15-2-1-3-17(12-15)27-8-6-26(7-9-27)14-20(28)25-16-4-5-18-19(13-16)30-11-10-29-18/h1-5,12-13H,6-11,14H2,(H,25,28)/p+1. The van der Waals surface area contributed by atoms with Gasteiger partial charge in [0.2, 0.25) is 0 Å². The first-order valence-corrected chi connectivity index (χ1v) is 9.84. The van der Waals surface area contributed by atoms with Crippen molar-refractivity contribution in [3.8, 4) is 11.5 Å². The Bertz CT molecular complexity index is 912. The number of amides is 1. The Morgan fingerprint density at radius 3 is 2.50 bits per heavy atom. The summed E-state index contributed by atoms with van der Waals surface area (Å²) in [7, 11) is 0. The van der Waals surface area contributed by atoms with Crippen LogP contribution in [0.5, 0.6) is 11.5 Å². The summed E-state index contributed by atoms with van der Waals surface area (Å²) in [5, 5.41) is 2.87. The minimum atomic E-state index is -4.35. The highest BCUT2D eigenvalue weighted by molar-refractivity contribution is 5.91. The van der Waals surface area contributed by atoms with E-state index in [-0.39, 0.29) is 5.91 Å². The van der Waals surface area contributed by atoms with Crippen LogP contribution in [-0.2, 0) is 11.0 Å². The maximum atomic E-state index is 12.9. The smallest absolute Gasteiger partial charge is 0.416 e. The van der Waals surface area contributed by atoms with Gasteiger partial charge in [-0.1, -0.05) is 6.07 Å². The van der Waals surface area contributed by atoms with Gasteiger partial charge >= 0.3 is 6.18 Å². The number of rotatable bonds is 4. The predicted octanol–water partition coefficient (Wildman–Crippen LogP) is 1.82. The molecule has 2 aliphatic rings. The molecule has 0 aliphatic carbocycles. The first-order valence-electron chi connectivity index (χ1n) is 9.84. The number of carbonyl (C=O) groups is 1.